The number of anilines is 1. The summed E-state index contributed by atoms with van der Waals surface area (Å²) >= 11 is 12.4. The lowest BCUT2D eigenvalue weighted by molar-refractivity contribution is -0.141. The van der Waals surface area contributed by atoms with E-state index in [0.29, 0.717) is 46.5 Å². The molecule has 0 bridgehead atoms. The van der Waals surface area contributed by atoms with Gasteiger partial charge in [-0.25, -0.2) is 14.8 Å². The van der Waals surface area contributed by atoms with Crippen molar-refractivity contribution in [3.63, 3.8) is 0 Å². The zero-order valence-corrected chi connectivity index (χ0v) is 19.6. The van der Waals surface area contributed by atoms with E-state index in [2.05, 4.69) is 17.6 Å². The second kappa shape index (κ2) is 9.88. The Hall–Kier alpha value is -2.63. The molecule has 2 aromatic carbocycles. The summed E-state index contributed by atoms with van der Waals surface area (Å²) in [6, 6.07) is 13.7. The lowest BCUT2D eigenvalue weighted by atomic mass is 10.0. The summed E-state index contributed by atoms with van der Waals surface area (Å²) in [5.41, 5.74) is 8.35. The van der Waals surface area contributed by atoms with Crippen molar-refractivity contribution in [1.29, 1.82) is 0 Å². The van der Waals surface area contributed by atoms with Crippen LogP contribution in [0.15, 0.2) is 42.5 Å². The number of carbonyl (C=O) groups is 1. The van der Waals surface area contributed by atoms with Crippen molar-refractivity contribution in [2.75, 3.05) is 5.48 Å². The van der Waals surface area contributed by atoms with Crippen LogP contribution >= 0.6 is 23.2 Å². The largest absolute Gasteiger partial charge is 0.342 e. The highest BCUT2D eigenvalue weighted by molar-refractivity contribution is 6.36. The van der Waals surface area contributed by atoms with E-state index in [1.807, 2.05) is 32.0 Å². The molecule has 0 fully saturated rings. The highest BCUT2D eigenvalue weighted by atomic mass is 35.5. The van der Waals surface area contributed by atoms with Crippen LogP contribution in [0.1, 0.15) is 42.8 Å². The Bertz CT molecular complexity index is 1130. The van der Waals surface area contributed by atoms with E-state index in [-0.39, 0.29) is 11.9 Å². The number of nitrogens with one attached hydrogen (secondary N) is 1. The van der Waals surface area contributed by atoms with Gasteiger partial charge in [-0.2, -0.15) is 5.48 Å². The minimum atomic E-state index is -0.297. The van der Waals surface area contributed by atoms with Crippen LogP contribution in [0, 0.1) is 5.92 Å². The Morgan fingerprint density at radius 1 is 1.03 bits per heavy atom. The minimum absolute atomic E-state index is 0.263. The third-order valence-electron chi connectivity index (χ3n) is 5.75. The van der Waals surface area contributed by atoms with Crippen LogP contribution in [0.25, 0.3) is 11.3 Å². The summed E-state index contributed by atoms with van der Waals surface area (Å²) in [5, 5.41) is 1.09. The number of hydrogen-bond acceptors (Lipinski definition) is 5. The van der Waals surface area contributed by atoms with Gasteiger partial charge in [0, 0.05) is 10.6 Å². The lowest BCUT2D eigenvalue weighted by Crippen LogP contribution is -2.17. The van der Waals surface area contributed by atoms with Crippen molar-refractivity contribution in [1.82, 2.24) is 9.97 Å². The molecule has 4 rings (SSSR count). The van der Waals surface area contributed by atoms with Gasteiger partial charge >= 0.3 is 5.97 Å². The van der Waals surface area contributed by atoms with Gasteiger partial charge in [-0.3, -0.25) is 0 Å². The highest BCUT2D eigenvalue weighted by Crippen LogP contribution is 2.33. The monoisotopic (exact) mass is 469 g/mol. The molecule has 0 aliphatic heterocycles. The fourth-order valence-electron chi connectivity index (χ4n) is 4.15. The standard InChI is InChI=1S/C25H25Cl2N3O2/c1-3-21-24(19-10-9-18(26)14-20(19)27)28-22(4-2)25(29-21)30-32-23(31)13-15-11-16-7-5-6-8-17(16)12-15/h5-10,14-15H,3-4,11-13H2,1-2H3,(H,29,30). The number of hydrogen-bond donors (Lipinski definition) is 1. The fraction of sp³-hybridized carbons (Fsp3) is 0.320. The number of nitrogens with zero attached hydrogens (tertiary/aromatic N) is 2. The zero-order valence-electron chi connectivity index (χ0n) is 18.1. The van der Waals surface area contributed by atoms with Gasteiger partial charge in [0.15, 0.2) is 5.82 Å². The van der Waals surface area contributed by atoms with Gasteiger partial charge in [0.2, 0.25) is 0 Å². The first-order valence-corrected chi connectivity index (χ1v) is 11.6. The molecular formula is C25H25Cl2N3O2. The quantitative estimate of drug-likeness (QED) is 0.414. The van der Waals surface area contributed by atoms with Crippen molar-refractivity contribution in [3.8, 4) is 11.3 Å². The van der Waals surface area contributed by atoms with Gasteiger partial charge in [0.25, 0.3) is 0 Å². The van der Waals surface area contributed by atoms with E-state index in [9.17, 15) is 4.79 Å². The molecule has 1 aliphatic rings. The summed E-state index contributed by atoms with van der Waals surface area (Å²) in [7, 11) is 0. The number of fused-ring (bicyclic) bond motifs is 1. The predicted molar refractivity (Wildman–Crippen MR) is 128 cm³/mol. The van der Waals surface area contributed by atoms with Crippen molar-refractivity contribution in [2.45, 2.75) is 46.0 Å². The molecular weight excluding hydrogens is 445 g/mol. The molecule has 0 amide bonds. The third kappa shape index (κ3) is 4.89. The van der Waals surface area contributed by atoms with Gasteiger partial charge in [-0.05, 0) is 60.9 Å². The molecule has 0 radical (unpaired) electrons. The molecule has 166 valence electrons. The first kappa shape index (κ1) is 22.6. The maximum atomic E-state index is 12.5. The Morgan fingerprint density at radius 3 is 2.34 bits per heavy atom. The third-order valence-corrected chi connectivity index (χ3v) is 6.30. The summed E-state index contributed by atoms with van der Waals surface area (Å²) in [4.78, 5) is 27.3. The average molecular weight is 470 g/mol. The molecule has 3 aromatic rings. The number of aromatic nitrogens is 2. The fourth-order valence-corrected chi connectivity index (χ4v) is 4.65. The number of benzene rings is 2. The SMILES string of the molecule is CCc1nc(-c2ccc(Cl)cc2Cl)c(CC)nc1NOC(=O)CC1Cc2ccccc2C1. The molecule has 1 heterocycles. The van der Waals surface area contributed by atoms with E-state index in [1.54, 1.807) is 12.1 Å². The molecule has 32 heavy (non-hydrogen) atoms. The number of aryl methyl sites for hydroxylation is 2. The summed E-state index contributed by atoms with van der Waals surface area (Å²) in [6.45, 7) is 3.97. The Balaban J connectivity index is 1.47. The van der Waals surface area contributed by atoms with Gasteiger partial charge in [0.05, 0.1) is 28.5 Å². The number of carbonyl (C=O) groups excluding carboxylic acids is 1. The van der Waals surface area contributed by atoms with Crippen LogP contribution in [0.5, 0.6) is 0 Å². The molecule has 1 aromatic heterocycles. The molecule has 5 nitrogen and oxygen atoms in total. The van der Waals surface area contributed by atoms with Gasteiger partial charge in [-0.1, -0.05) is 61.3 Å². The van der Waals surface area contributed by atoms with E-state index in [4.69, 9.17) is 38.0 Å². The van der Waals surface area contributed by atoms with Crippen molar-refractivity contribution < 1.29 is 9.63 Å². The molecule has 7 heteroatoms. The van der Waals surface area contributed by atoms with Crippen LogP contribution in [-0.2, 0) is 35.3 Å². The summed E-state index contributed by atoms with van der Waals surface area (Å²) in [5.74, 6) is 0.426. The number of rotatable bonds is 7. The van der Waals surface area contributed by atoms with Crippen LogP contribution in [-0.4, -0.2) is 15.9 Å². The Morgan fingerprint density at radius 2 is 1.72 bits per heavy atom. The molecule has 0 saturated carbocycles. The summed E-state index contributed by atoms with van der Waals surface area (Å²) < 4.78 is 0. The average Bonchev–Trinajstić information content (AvgIpc) is 3.19. The molecule has 0 atom stereocenters. The molecule has 0 unspecified atom stereocenters. The van der Waals surface area contributed by atoms with Gasteiger partial charge in [0.1, 0.15) is 0 Å². The predicted octanol–water partition coefficient (Wildman–Crippen LogP) is 6.25. The Kier molecular flexibility index (Phi) is 6.97. The topological polar surface area (TPSA) is 64.1 Å². The van der Waals surface area contributed by atoms with E-state index in [1.165, 1.54) is 11.1 Å². The normalized spacial score (nSPS) is 13.1. The maximum absolute atomic E-state index is 12.5. The second-order valence-corrected chi connectivity index (χ2v) is 8.81. The van der Waals surface area contributed by atoms with Crippen LogP contribution in [0.2, 0.25) is 10.0 Å². The minimum Gasteiger partial charge on any atom is -0.342 e. The summed E-state index contributed by atoms with van der Waals surface area (Å²) in [6.07, 6.45) is 3.43. The first-order valence-electron chi connectivity index (χ1n) is 10.9. The number of halogens is 2. The first-order chi connectivity index (χ1) is 15.5. The van der Waals surface area contributed by atoms with Gasteiger partial charge in [-0.15, -0.1) is 0 Å². The zero-order chi connectivity index (χ0) is 22.7. The van der Waals surface area contributed by atoms with Crippen LogP contribution in [0.3, 0.4) is 0 Å². The van der Waals surface area contributed by atoms with E-state index in [0.717, 1.165) is 24.1 Å². The van der Waals surface area contributed by atoms with E-state index >= 15 is 0 Å². The maximum Gasteiger partial charge on any atom is 0.332 e. The van der Waals surface area contributed by atoms with Crippen molar-refractivity contribution >= 4 is 35.0 Å². The molecule has 1 aliphatic carbocycles. The lowest BCUT2D eigenvalue weighted by Gasteiger charge is -2.15. The Labute approximate surface area is 198 Å². The molecule has 1 N–H and O–H groups in total. The van der Waals surface area contributed by atoms with Gasteiger partial charge < -0.3 is 4.84 Å². The second-order valence-electron chi connectivity index (χ2n) is 7.97. The smallest absolute Gasteiger partial charge is 0.332 e. The molecule has 0 spiro atoms. The van der Waals surface area contributed by atoms with Crippen molar-refractivity contribution in [3.05, 3.63) is 75.0 Å². The van der Waals surface area contributed by atoms with Crippen molar-refractivity contribution in [2.24, 2.45) is 5.92 Å². The highest BCUT2D eigenvalue weighted by Gasteiger charge is 2.24. The molecule has 0 saturated heterocycles. The van der Waals surface area contributed by atoms with Crippen LogP contribution < -0.4 is 5.48 Å². The van der Waals surface area contributed by atoms with E-state index < -0.39 is 0 Å². The van der Waals surface area contributed by atoms with Crippen LogP contribution in [0.4, 0.5) is 5.82 Å².